The van der Waals surface area contributed by atoms with Gasteiger partial charge in [-0.05, 0) is 20.3 Å². The van der Waals surface area contributed by atoms with Gasteiger partial charge in [0.15, 0.2) is 0 Å². The van der Waals surface area contributed by atoms with Crippen molar-refractivity contribution in [2.75, 3.05) is 19.7 Å². The van der Waals surface area contributed by atoms with E-state index in [-0.39, 0.29) is 12.0 Å². The van der Waals surface area contributed by atoms with Gasteiger partial charge in [0, 0.05) is 19.1 Å². The summed E-state index contributed by atoms with van der Waals surface area (Å²) >= 11 is 0. The molecule has 1 atom stereocenters. The predicted octanol–water partition coefficient (Wildman–Crippen LogP) is 1.17. The first-order chi connectivity index (χ1) is 7.50. The van der Waals surface area contributed by atoms with Gasteiger partial charge in [-0.15, -0.1) is 0 Å². The summed E-state index contributed by atoms with van der Waals surface area (Å²) in [7, 11) is 0. The molecule has 0 aliphatic carbocycles. The molecule has 1 aliphatic rings. The molecular weight excluding hydrogens is 206 g/mol. The molecule has 4 nitrogen and oxygen atoms in total. The number of ether oxygens (including phenoxy) is 1. The summed E-state index contributed by atoms with van der Waals surface area (Å²) in [6, 6.07) is 0.163. The Morgan fingerprint density at radius 2 is 2.12 bits per heavy atom. The number of carbonyl (C=O) groups is 1. The van der Waals surface area contributed by atoms with Gasteiger partial charge in [-0.1, -0.05) is 13.3 Å². The number of hydrogen-bond acceptors (Lipinski definition) is 4. The Balaban J connectivity index is 2.26. The second-order valence-electron chi connectivity index (χ2n) is 4.74. The lowest BCUT2D eigenvalue weighted by Gasteiger charge is -2.49. The number of β-amino-alcohol motifs (C(OH)–C–C–N with tert-alkyl or cyclic N) is 1. The van der Waals surface area contributed by atoms with Crippen LogP contribution < -0.4 is 0 Å². The molecule has 1 aliphatic heterocycles. The fraction of sp³-hybridized carbons (Fsp3) is 0.917. The zero-order chi connectivity index (χ0) is 12.2. The van der Waals surface area contributed by atoms with Crippen molar-refractivity contribution in [3.05, 3.63) is 0 Å². The molecule has 1 heterocycles. The molecule has 1 saturated heterocycles. The summed E-state index contributed by atoms with van der Waals surface area (Å²) in [6.07, 6.45) is 2.25. The molecule has 0 amide bonds. The molecular formula is C12H23NO3. The first-order valence-electron chi connectivity index (χ1n) is 6.13. The number of carbonyl (C=O) groups excluding carboxylic acids is 1. The lowest BCUT2D eigenvalue weighted by atomic mass is 9.87. The van der Waals surface area contributed by atoms with Crippen LogP contribution in [-0.2, 0) is 9.53 Å². The fourth-order valence-electron chi connectivity index (χ4n) is 2.24. The molecule has 0 spiro atoms. The quantitative estimate of drug-likeness (QED) is 0.695. The molecule has 0 aromatic carbocycles. The summed E-state index contributed by atoms with van der Waals surface area (Å²) in [5, 5.41) is 10.0. The summed E-state index contributed by atoms with van der Waals surface area (Å²) < 4.78 is 4.90. The van der Waals surface area contributed by atoms with Crippen LogP contribution in [0.1, 0.15) is 40.0 Å². The van der Waals surface area contributed by atoms with Gasteiger partial charge in [0.05, 0.1) is 18.6 Å². The van der Waals surface area contributed by atoms with Gasteiger partial charge in [-0.25, -0.2) is 0 Å². The highest BCUT2D eigenvalue weighted by Gasteiger charge is 2.42. The maximum Gasteiger partial charge on any atom is 0.307 e. The van der Waals surface area contributed by atoms with Gasteiger partial charge in [0.1, 0.15) is 0 Å². The third-order valence-electron chi connectivity index (χ3n) is 3.10. The highest BCUT2D eigenvalue weighted by molar-refractivity contribution is 5.70. The SMILES string of the molecule is CCCC1(O)CN(C(C)CC(=O)OCC)C1. The number of hydrogen-bond donors (Lipinski definition) is 1. The lowest BCUT2D eigenvalue weighted by molar-refractivity contribution is -0.150. The van der Waals surface area contributed by atoms with Crippen LogP contribution in [0, 0.1) is 0 Å². The van der Waals surface area contributed by atoms with Crippen LogP contribution in [0.25, 0.3) is 0 Å². The molecule has 1 fully saturated rings. The number of likely N-dealkylation sites (tertiary alicyclic amines) is 1. The van der Waals surface area contributed by atoms with Crippen LogP contribution in [0.4, 0.5) is 0 Å². The minimum atomic E-state index is -0.516. The lowest BCUT2D eigenvalue weighted by Crippen LogP contribution is -2.64. The molecule has 16 heavy (non-hydrogen) atoms. The van der Waals surface area contributed by atoms with Crippen molar-refractivity contribution in [2.24, 2.45) is 0 Å². The predicted molar refractivity (Wildman–Crippen MR) is 62.1 cm³/mol. The molecule has 1 unspecified atom stereocenters. The molecule has 0 bridgehead atoms. The second-order valence-corrected chi connectivity index (χ2v) is 4.74. The minimum Gasteiger partial charge on any atom is -0.466 e. The largest absolute Gasteiger partial charge is 0.466 e. The molecule has 0 saturated carbocycles. The van der Waals surface area contributed by atoms with Crippen molar-refractivity contribution in [3.8, 4) is 0 Å². The van der Waals surface area contributed by atoms with Crippen LogP contribution in [0.3, 0.4) is 0 Å². The van der Waals surface area contributed by atoms with Crippen LogP contribution >= 0.6 is 0 Å². The topological polar surface area (TPSA) is 49.8 Å². The molecule has 4 heteroatoms. The zero-order valence-corrected chi connectivity index (χ0v) is 10.5. The van der Waals surface area contributed by atoms with E-state index in [1.807, 2.05) is 13.8 Å². The van der Waals surface area contributed by atoms with Gasteiger partial charge in [-0.3, -0.25) is 9.69 Å². The molecule has 0 aromatic rings. The van der Waals surface area contributed by atoms with Crippen molar-refractivity contribution in [3.63, 3.8) is 0 Å². The standard InChI is InChI=1S/C12H23NO3/c1-4-6-12(15)8-13(9-12)10(3)7-11(14)16-5-2/h10,15H,4-9H2,1-3H3. The summed E-state index contributed by atoms with van der Waals surface area (Å²) in [5.41, 5.74) is -0.516. The number of aliphatic hydroxyl groups is 1. The van der Waals surface area contributed by atoms with Crippen molar-refractivity contribution < 1.29 is 14.6 Å². The normalized spacial score (nSPS) is 21.2. The van der Waals surface area contributed by atoms with E-state index in [4.69, 9.17) is 4.74 Å². The Morgan fingerprint density at radius 3 is 2.62 bits per heavy atom. The van der Waals surface area contributed by atoms with Gasteiger partial charge in [0.2, 0.25) is 0 Å². The number of rotatable bonds is 6. The highest BCUT2D eigenvalue weighted by atomic mass is 16.5. The highest BCUT2D eigenvalue weighted by Crippen LogP contribution is 2.28. The van der Waals surface area contributed by atoms with E-state index in [1.165, 1.54) is 0 Å². The molecule has 0 aromatic heterocycles. The van der Waals surface area contributed by atoms with Crippen LogP contribution in [-0.4, -0.2) is 47.3 Å². The monoisotopic (exact) mass is 229 g/mol. The third kappa shape index (κ3) is 3.46. The Kier molecular flexibility index (Phi) is 4.74. The van der Waals surface area contributed by atoms with Gasteiger partial charge < -0.3 is 9.84 Å². The van der Waals surface area contributed by atoms with E-state index in [0.29, 0.717) is 26.1 Å². The van der Waals surface area contributed by atoms with Crippen molar-refractivity contribution >= 4 is 5.97 Å². The van der Waals surface area contributed by atoms with E-state index in [9.17, 15) is 9.90 Å². The number of nitrogens with zero attached hydrogens (tertiary/aromatic N) is 1. The summed E-state index contributed by atoms with van der Waals surface area (Å²) in [5.74, 6) is -0.152. The van der Waals surface area contributed by atoms with E-state index < -0.39 is 5.60 Å². The summed E-state index contributed by atoms with van der Waals surface area (Å²) in [6.45, 7) is 7.69. The smallest absolute Gasteiger partial charge is 0.307 e. The first-order valence-corrected chi connectivity index (χ1v) is 6.13. The Labute approximate surface area is 97.6 Å². The maximum atomic E-state index is 11.3. The van der Waals surface area contributed by atoms with E-state index in [0.717, 1.165) is 12.8 Å². The van der Waals surface area contributed by atoms with E-state index >= 15 is 0 Å². The first kappa shape index (κ1) is 13.5. The van der Waals surface area contributed by atoms with Crippen LogP contribution in [0.5, 0.6) is 0 Å². The van der Waals surface area contributed by atoms with Gasteiger partial charge in [-0.2, -0.15) is 0 Å². The molecule has 0 radical (unpaired) electrons. The molecule has 1 rings (SSSR count). The van der Waals surface area contributed by atoms with Crippen molar-refractivity contribution in [1.82, 2.24) is 4.90 Å². The van der Waals surface area contributed by atoms with Gasteiger partial charge in [0.25, 0.3) is 0 Å². The van der Waals surface area contributed by atoms with E-state index in [2.05, 4.69) is 11.8 Å². The Hall–Kier alpha value is -0.610. The van der Waals surface area contributed by atoms with Crippen molar-refractivity contribution in [1.29, 1.82) is 0 Å². The number of esters is 1. The Morgan fingerprint density at radius 1 is 1.50 bits per heavy atom. The molecule has 1 N–H and O–H groups in total. The molecule has 94 valence electrons. The Bertz CT molecular complexity index is 236. The maximum absolute atomic E-state index is 11.3. The van der Waals surface area contributed by atoms with E-state index in [1.54, 1.807) is 0 Å². The van der Waals surface area contributed by atoms with Crippen LogP contribution in [0.15, 0.2) is 0 Å². The average Bonchev–Trinajstić information content (AvgIpc) is 2.14. The second kappa shape index (κ2) is 5.64. The summed E-state index contributed by atoms with van der Waals surface area (Å²) in [4.78, 5) is 13.4. The van der Waals surface area contributed by atoms with Crippen LogP contribution in [0.2, 0.25) is 0 Å². The average molecular weight is 229 g/mol. The van der Waals surface area contributed by atoms with Crippen molar-refractivity contribution in [2.45, 2.75) is 51.7 Å². The third-order valence-corrected chi connectivity index (χ3v) is 3.10. The van der Waals surface area contributed by atoms with Gasteiger partial charge >= 0.3 is 5.97 Å². The minimum absolute atomic E-state index is 0.152. The fourth-order valence-corrected chi connectivity index (χ4v) is 2.24. The zero-order valence-electron chi connectivity index (χ0n) is 10.5.